The molecule has 4 rings (SSSR count). The lowest BCUT2D eigenvalue weighted by atomic mass is 10.0. The number of nitrogens with one attached hydrogen (secondary N) is 1. The molecule has 1 saturated carbocycles. The van der Waals surface area contributed by atoms with Crippen LogP contribution in [-0.2, 0) is 5.54 Å². The molecule has 3 aromatic rings. The molecule has 2 heterocycles. The maximum atomic E-state index is 14.5. The van der Waals surface area contributed by atoms with E-state index in [2.05, 4.69) is 22.2 Å². The number of fused-ring (bicyclic) bond motifs is 1. The summed E-state index contributed by atoms with van der Waals surface area (Å²) < 4.78 is 16.3. The third-order valence-corrected chi connectivity index (χ3v) is 5.44. The highest BCUT2D eigenvalue weighted by Gasteiger charge is 2.40. The van der Waals surface area contributed by atoms with Gasteiger partial charge in [0.2, 0.25) is 0 Å². The molecule has 0 unspecified atom stereocenters. The summed E-state index contributed by atoms with van der Waals surface area (Å²) in [6.07, 6.45) is 3.81. The Hall–Kier alpha value is -2.76. The van der Waals surface area contributed by atoms with E-state index in [1.165, 1.54) is 0 Å². The minimum absolute atomic E-state index is 0.0515. The van der Waals surface area contributed by atoms with E-state index in [-0.39, 0.29) is 23.0 Å². The fraction of sp³-hybridized carbons (Fsp3) is 0.381. The van der Waals surface area contributed by atoms with Gasteiger partial charge in [0.05, 0.1) is 16.9 Å². The molecule has 5 nitrogen and oxygen atoms in total. The normalized spacial score (nSPS) is 16.3. The summed E-state index contributed by atoms with van der Waals surface area (Å²) in [6, 6.07) is 6.67. The van der Waals surface area contributed by atoms with Crippen LogP contribution in [0.3, 0.4) is 0 Å². The smallest absolute Gasteiger partial charge is 0.253 e. The number of hydrogen-bond acceptors (Lipinski definition) is 4. The van der Waals surface area contributed by atoms with Crippen molar-refractivity contribution < 1.29 is 4.39 Å². The van der Waals surface area contributed by atoms with Crippen LogP contribution in [-0.4, -0.2) is 14.5 Å². The van der Waals surface area contributed by atoms with Crippen LogP contribution in [0.25, 0.3) is 10.9 Å². The zero-order valence-electron chi connectivity index (χ0n) is 16.0. The van der Waals surface area contributed by atoms with E-state index in [1.807, 2.05) is 19.2 Å². The minimum atomic E-state index is -0.278. The van der Waals surface area contributed by atoms with Crippen molar-refractivity contribution in [2.75, 3.05) is 5.32 Å². The van der Waals surface area contributed by atoms with E-state index in [9.17, 15) is 9.18 Å². The lowest BCUT2D eigenvalue weighted by Gasteiger charge is -2.19. The molecule has 1 aromatic carbocycles. The van der Waals surface area contributed by atoms with Gasteiger partial charge < -0.3 is 9.88 Å². The molecular formula is C21H23FN4O. The Balaban J connectivity index is 1.81. The molecule has 6 heteroatoms. The maximum absolute atomic E-state index is 14.5. The first kappa shape index (κ1) is 17.6. The van der Waals surface area contributed by atoms with Crippen LogP contribution < -0.4 is 10.9 Å². The van der Waals surface area contributed by atoms with E-state index in [1.54, 1.807) is 36.6 Å². The van der Waals surface area contributed by atoms with Crippen molar-refractivity contribution in [3.63, 3.8) is 0 Å². The molecule has 27 heavy (non-hydrogen) atoms. The van der Waals surface area contributed by atoms with Gasteiger partial charge in [-0.05, 0) is 46.1 Å². The Bertz CT molecular complexity index is 1100. The molecule has 0 aliphatic heterocycles. The van der Waals surface area contributed by atoms with Crippen molar-refractivity contribution in [1.29, 1.82) is 0 Å². The molecule has 1 N–H and O–H groups in total. The van der Waals surface area contributed by atoms with Crippen molar-refractivity contribution in [2.24, 2.45) is 0 Å². The van der Waals surface area contributed by atoms with Gasteiger partial charge in [-0.2, -0.15) is 0 Å². The predicted molar refractivity (Wildman–Crippen MR) is 105 cm³/mol. The van der Waals surface area contributed by atoms with Crippen molar-refractivity contribution in [1.82, 2.24) is 14.5 Å². The predicted octanol–water partition coefficient (Wildman–Crippen LogP) is 4.23. The summed E-state index contributed by atoms with van der Waals surface area (Å²) >= 11 is 0. The molecule has 2 aromatic heterocycles. The summed E-state index contributed by atoms with van der Waals surface area (Å²) in [5.41, 5.74) is 1.63. The first-order valence-corrected chi connectivity index (χ1v) is 9.21. The van der Waals surface area contributed by atoms with Crippen LogP contribution in [0.4, 0.5) is 10.2 Å². The minimum Gasteiger partial charge on any atom is -0.363 e. The molecule has 1 aliphatic carbocycles. The second-order valence-corrected chi connectivity index (χ2v) is 7.74. The fourth-order valence-corrected chi connectivity index (χ4v) is 3.46. The molecule has 1 atom stereocenters. The molecule has 1 aliphatic rings. The number of rotatable bonds is 4. The van der Waals surface area contributed by atoms with E-state index >= 15 is 0 Å². The van der Waals surface area contributed by atoms with Crippen LogP contribution in [0, 0.1) is 19.7 Å². The summed E-state index contributed by atoms with van der Waals surface area (Å²) in [4.78, 5) is 21.4. The van der Waals surface area contributed by atoms with Gasteiger partial charge >= 0.3 is 0 Å². The average Bonchev–Trinajstić information content (AvgIpc) is 3.34. The zero-order chi connectivity index (χ0) is 19.3. The highest BCUT2D eigenvalue weighted by Crippen LogP contribution is 2.42. The summed E-state index contributed by atoms with van der Waals surface area (Å²) in [5.74, 6) is 0.968. The molecule has 140 valence electrons. The number of pyridine rings is 1. The van der Waals surface area contributed by atoms with Crippen LogP contribution in [0.1, 0.15) is 49.7 Å². The van der Waals surface area contributed by atoms with Crippen molar-refractivity contribution in [2.45, 2.75) is 52.1 Å². The first-order valence-electron chi connectivity index (χ1n) is 9.21. The molecule has 1 fully saturated rings. The monoisotopic (exact) mass is 366 g/mol. The second-order valence-electron chi connectivity index (χ2n) is 7.74. The van der Waals surface area contributed by atoms with Crippen LogP contribution in [0.5, 0.6) is 0 Å². The molecule has 0 bridgehead atoms. The van der Waals surface area contributed by atoms with Gasteiger partial charge in [0.1, 0.15) is 17.5 Å². The Kier molecular flexibility index (Phi) is 4.02. The van der Waals surface area contributed by atoms with Gasteiger partial charge in [0.15, 0.2) is 0 Å². The fourth-order valence-electron chi connectivity index (χ4n) is 3.46. The molecule has 0 saturated heterocycles. The highest BCUT2D eigenvalue weighted by molar-refractivity contribution is 5.88. The number of aromatic nitrogens is 3. The zero-order valence-corrected chi connectivity index (χ0v) is 16.0. The lowest BCUT2D eigenvalue weighted by Crippen LogP contribution is -2.27. The summed E-state index contributed by atoms with van der Waals surface area (Å²) in [6.45, 7) is 7.52. The number of anilines is 1. The highest BCUT2D eigenvalue weighted by atomic mass is 19.1. The molecule has 0 amide bonds. The van der Waals surface area contributed by atoms with Gasteiger partial charge in [-0.1, -0.05) is 18.2 Å². The number of benzene rings is 1. The number of nitrogens with zero attached hydrogens (tertiary/aromatic N) is 3. The van der Waals surface area contributed by atoms with Gasteiger partial charge in [-0.3, -0.25) is 4.79 Å². The van der Waals surface area contributed by atoms with Crippen molar-refractivity contribution >= 4 is 16.7 Å². The van der Waals surface area contributed by atoms with Gasteiger partial charge in [-0.25, -0.2) is 14.4 Å². The van der Waals surface area contributed by atoms with E-state index in [0.29, 0.717) is 28.3 Å². The number of aryl methyl sites for hydroxylation is 2. The molecule has 0 radical (unpaired) electrons. The molecule has 0 spiro atoms. The average molecular weight is 366 g/mol. The SMILES string of the molecule is Cc1nc(N[C@H](C)c2cccc(C)c2F)c2cn(C3(C)CC3)c(=O)cc2n1. The van der Waals surface area contributed by atoms with Crippen LogP contribution >= 0.6 is 0 Å². The van der Waals surface area contributed by atoms with Gasteiger partial charge in [0, 0.05) is 23.4 Å². The third kappa shape index (κ3) is 3.09. The van der Waals surface area contributed by atoms with E-state index < -0.39 is 0 Å². The van der Waals surface area contributed by atoms with Crippen LogP contribution in [0.15, 0.2) is 35.3 Å². The Morgan fingerprint density at radius 1 is 1.26 bits per heavy atom. The van der Waals surface area contributed by atoms with Gasteiger partial charge in [0.25, 0.3) is 5.56 Å². The first-order chi connectivity index (χ1) is 12.8. The van der Waals surface area contributed by atoms with Crippen LogP contribution in [0.2, 0.25) is 0 Å². The van der Waals surface area contributed by atoms with Gasteiger partial charge in [-0.15, -0.1) is 0 Å². The summed E-state index contributed by atoms with van der Waals surface area (Å²) in [5, 5.41) is 4.09. The van der Waals surface area contributed by atoms with Crippen molar-refractivity contribution in [3.05, 3.63) is 63.6 Å². The van der Waals surface area contributed by atoms with Crippen molar-refractivity contribution in [3.8, 4) is 0 Å². The molecular weight excluding hydrogens is 343 g/mol. The number of halogens is 1. The topological polar surface area (TPSA) is 59.8 Å². The largest absolute Gasteiger partial charge is 0.363 e. The quantitative estimate of drug-likeness (QED) is 0.751. The Morgan fingerprint density at radius 3 is 2.70 bits per heavy atom. The van der Waals surface area contributed by atoms with E-state index in [4.69, 9.17) is 0 Å². The Labute approximate surface area is 157 Å². The maximum Gasteiger partial charge on any atom is 0.253 e. The summed E-state index contributed by atoms with van der Waals surface area (Å²) in [7, 11) is 0. The Morgan fingerprint density at radius 2 is 2.00 bits per heavy atom. The standard InChI is InChI=1S/C21H23FN4O/c1-12-6-5-7-15(19(12)22)13(2)23-20-16-11-26(21(4)8-9-21)18(27)10-17(16)24-14(3)25-20/h5-7,10-11,13H,8-9H2,1-4H3,(H,23,24,25)/t13-/m1/s1. The lowest BCUT2D eigenvalue weighted by molar-refractivity contribution is 0.516. The second kappa shape index (κ2) is 6.15. The van der Waals surface area contributed by atoms with E-state index in [0.717, 1.165) is 18.2 Å². The number of hydrogen-bond donors (Lipinski definition) is 1. The third-order valence-electron chi connectivity index (χ3n) is 5.44.